The van der Waals surface area contributed by atoms with E-state index in [1.165, 1.54) is 173 Å². The average molecular weight is 1020 g/mol. The average Bonchev–Trinajstić information content (AvgIpc) is 3.36. The molecule has 71 heavy (non-hydrogen) atoms. The second kappa shape index (κ2) is 43.7. The standard InChI is InChI=1S/C56H106O15/c1-3-5-7-9-11-13-15-17-19-21-23-24-26-28-30-32-34-36-38-47(58)66-41-44(69-48(59)39-37-35-33-31-29-27-25-22-20-18-16-14-12-10-8-6-4-2)42-67-55-54(65)52(63)50(61)46(71-55)43-68-56-53(64)51(62)49(60)45(40-57)70-56/h44-46,49-57,60-65H,3-43H2,1-2H3/t44-,45+,46+,49-,50-,51?,52?,53?,54?,55+,56+/m0/s1. The van der Waals surface area contributed by atoms with Gasteiger partial charge in [0.15, 0.2) is 18.7 Å². The van der Waals surface area contributed by atoms with E-state index in [4.69, 9.17) is 28.4 Å². The van der Waals surface area contributed by atoms with E-state index in [0.717, 1.165) is 38.5 Å². The van der Waals surface area contributed by atoms with Gasteiger partial charge in [-0.15, -0.1) is 0 Å². The number of aliphatic hydroxyl groups excluding tert-OH is 7. The van der Waals surface area contributed by atoms with E-state index < -0.39 is 92.7 Å². The first-order valence-corrected chi connectivity index (χ1v) is 29.1. The maximum Gasteiger partial charge on any atom is 0.306 e. The predicted molar refractivity (Wildman–Crippen MR) is 275 cm³/mol. The molecule has 0 aromatic rings. The highest BCUT2D eigenvalue weighted by atomic mass is 16.7. The van der Waals surface area contributed by atoms with Crippen LogP contribution < -0.4 is 0 Å². The maximum atomic E-state index is 13.1. The smallest absolute Gasteiger partial charge is 0.306 e. The van der Waals surface area contributed by atoms with Crippen LogP contribution in [-0.2, 0) is 38.0 Å². The fourth-order valence-electron chi connectivity index (χ4n) is 9.57. The van der Waals surface area contributed by atoms with E-state index in [2.05, 4.69) is 13.8 Å². The van der Waals surface area contributed by atoms with Gasteiger partial charge in [0.05, 0.1) is 19.8 Å². The molecule has 4 unspecified atom stereocenters. The van der Waals surface area contributed by atoms with Crippen molar-refractivity contribution in [3.63, 3.8) is 0 Å². The first kappa shape index (κ1) is 65.6. The van der Waals surface area contributed by atoms with Crippen LogP contribution in [0.4, 0.5) is 0 Å². The maximum absolute atomic E-state index is 13.1. The lowest BCUT2D eigenvalue weighted by molar-refractivity contribution is -0.332. The second-order valence-electron chi connectivity index (χ2n) is 20.8. The monoisotopic (exact) mass is 1020 g/mol. The van der Waals surface area contributed by atoms with Gasteiger partial charge in [0.1, 0.15) is 55.4 Å². The van der Waals surface area contributed by atoms with Gasteiger partial charge in [0.25, 0.3) is 0 Å². The van der Waals surface area contributed by atoms with Crippen molar-refractivity contribution in [2.24, 2.45) is 0 Å². The zero-order chi connectivity index (χ0) is 51.7. The molecule has 0 bridgehead atoms. The Balaban J connectivity index is 1.75. The summed E-state index contributed by atoms with van der Waals surface area (Å²) < 4.78 is 33.7. The molecule has 2 rings (SSSR count). The first-order valence-electron chi connectivity index (χ1n) is 29.1. The first-order chi connectivity index (χ1) is 34.5. The minimum Gasteiger partial charge on any atom is -0.462 e. The van der Waals surface area contributed by atoms with Gasteiger partial charge in [-0.25, -0.2) is 0 Å². The van der Waals surface area contributed by atoms with Gasteiger partial charge in [-0.3, -0.25) is 9.59 Å². The number of ether oxygens (including phenoxy) is 6. The van der Waals surface area contributed by atoms with E-state index in [1.54, 1.807) is 0 Å². The van der Waals surface area contributed by atoms with Crippen molar-refractivity contribution >= 4 is 11.9 Å². The van der Waals surface area contributed by atoms with Crippen LogP contribution in [0.25, 0.3) is 0 Å². The minimum atomic E-state index is -1.76. The number of carbonyl (C=O) groups is 2. The summed E-state index contributed by atoms with van der Waals surface area (Å²) >= 11 is 0. The van der Waals surface area contributed by atoms with Crippen molar-refractivity contribution in [2.75, 3.05) is 26.4 Å². The third-order valence-corrected chi connectivity index (χ3v) is 14.3. The molecule has 11 atom stereocenters. The van der Waals surface area contributed by atoms with Gasteiger partial charge in [0.2, 0.25) is 0 Å². The topological polar surface area (TPSA) is 231 Å². The van der Waals surface area contributed by atoms with Gasteiger partial charge in [-0.1, -0.05) is 226 Å². The predicted octanol–water partition coefficient (Wildman–Crippen LogP) is 9.56. The molecule has 420 valence electrons. The molecule has 0 radical (unpaired) electrons. The summed E-state index contributed by atoms with van der Waals surface area (Å²) in [6, 6.07) is 0. The Hall–Kier alpha value is -1.50. The third kappa shape index (κ3) is 31.2. The Morgan fingerprint density at radius 3 is 1.10 bits per heavy atom. The Morgan fingerprint density at radius 2 is 0.718 bits per heavy atom. The fraction of sp³-hybridized carbons (Fsp3) is 0.964. The molecule has 7 N–H and O–H groups in total. The van der Waals surface area contributed by atoms with Gasteiger partial charge < -0.3 is 64.2 Å². The summed E-state index contributed by atoms with van der Waals surface area (Å²) in [4.78, 5) is 25.9. The number of esters is 2. The molecule has 15 heteroatoms. The van der Waals surface area contributed by atoms with E-state index in [-0.39, 0.29) is 26.1 Å². The summed E-state index contributed by atoms with van der Waals surface area (Å²) in [6.45, 7) is 2.66. The van der Waals surface area contributed by atoms with Gasteiger partial charge in [-0.05, 0) is 12.8 Å². The highest BCUT2D eigenvalue weighted by Gasteiger charge is 2.47. The fourth-order valence-corrected chi connectivity index (χ4v) is 9.57. The van der Waals surface area contributed by atoms with E-state index >= 15 is 0 Å². The Kier molecular flexibility index (Phi) is 40.4. The van der Waals surface area contributed by atoms with E-state index in [0.29, 0.717) is 12.8 Å². The molecule has 2 saturated heterocycles. The number of aliphatic hydroxyl groups is 7. The van der Waals surface area contributed by atoms with Crippen molar-refractivity contribution in [1.29, 1.82) is 0 Å². The van der Waals surface area contributed by atoms with Gasteiger partial charge in [-0.2, -0.15) is 0 Å². The molecule has 15 nitrogen and oxygen atoms in total. The molecule has 2 aliphatic rings. The molecule has 0 saturated carbocycles. The van der Waals surface area contributed by atoms with Crippen LogP contribution in [0.2, 0.25) is 0 Å². The summed E-state index contributed by atoms with van der Waals surface area (Å²) in [7, 11) is 0. The van der Waals surface area contributed by atoms with Gasteiger partial charge in [0, 0.05) is 12.8 Å². The summed E-state index contributed by atoms with van der Waals surface area (Å²) in [5.74, 6) is -0.904. The lowest BCUT2D eigenvalue weighted by atomic mass is 9.98. The highest BCUT2D eigenvalue weighted by Crippen LogP contribution is 2.27. The van der Waals surface area contributed by atoms with Crippen molar-refractivity contribution in [3.05, 3.63) is 0 Å². The lowest BCUT2D eigenvalue weighted by Gasteiger charge is -2.42. The molecule has 2 fully saturated rings. The molecule has 0 aromatic heterocycles. The zero-order valence-corrected chi connectivity index (χ0v) is 44.7. The second-order valence-corrected chi connectivity index (χ2v) is 20.8. The minimum absolute atomic E-state index is 0.174. The number of hydrogen-bond donors (Lipinski definition) is 7. The lowest BCUT2D eigenvalue weighted by Crippen LogP contribution is -2.61. The zero-order valence-electron chi connectivity index (χ0n) is 44.7. The molecule has 2 aliphatic heterocycles. The molecular formula is C56H106O15. The number of carbonyl (C=O) groups excluding carboxylic acids is 2. The van der Waals surface area contributed by atoms with Crippen molar-refractivity contribution < 1.29 is 73.8 Å². The van der Waals surface area contributed by atoms with Crippen LogP contribution in [0.5, 0.6) is 0 Å². The normalized spacial score (nSPS) is 25.1. The van der Waals surface area contributed by atoms with Crippen LogP contribution in [0.15, 0.2) is 0 Å². The highest BCUT2D eigenvalue weighted by molar-refractivity contribution is 5.70. The Morgan fingerprint density at radius 1 is 0.394 bits per heavy atom. The molecule has 0 spiro atoms. The molecule has 0 aromatic carbocycles. The number of hydrogen-bond acceptors (Lipinski definition) is 15. The van der Waals surface area contributed by atoms with Crippen molar-refractivity contribution in [3.8, 4) is 0 Å². The Labute approximate surface area is 429 Å². The summed E-state index contributed by atoms with van der Waals surface area (Å²) in [5.41, 5.74) is 0. The van der Waals surface area contributed by atoms with E-state index in [1.807, 2.05) is 0 Å². The van der Waals surface area contributed by atoms with Crippen LogP contribution in [0.3, 0.4) is 0 Å². The van der Waals surface area contributed by atoms with Crippen LogP contribution in [0.1, 0.15) is 251 Å². The quantitative estimate of drug-likeness (QED) is 0.0222. The Bertz CT molecular complexity index is 1240. The number of rotatable bonds is 47. The SMILES string of the molecule is CCCCCCCCCCCCCCCCCCCCC(=O)OC[C@@H](CO[C@@H]1O[C@H](CO[C@@H]2O[C@H](CO)[C@H](O)C(O)C2O)[C@H](O)C(O)C1O)OC(=O)CCCCCCCCCCCCCCCCCCC. The third-order valence-electron chi connectivity index (χ3n) is 14.3. The molecule has 0 amide bonds. The molecular weight excluding hydrogens is 913 g/mol. The van der Waals surface area contributed by atoms with E-state index in [9.17, 15) is 45.3 Å². The van der Waals surface area contributed by atoms with Crippen molar-refractivity contribution in [1.82, 2.24) is 0 Å². The summed E-state index contributed by atoms with van der Waals surface area (Å²) in [5, 5.41) is 72.2. The molecule has 0 aliphatic carbocycles. The van der Waals surface area contributed by atoms with Crippen LogP contribution in [-0.4, -0.2) is 142 Å². The van der Waals surface area contributed by atoms with Crippen LogP contribution >= 0.6 is 0 Å². The summed E-state index contributed by atoms with van der Waals surface area (Å²) in [6.07, 6.45) is 26.9. The number of unbranched alkanes of at least 4 members (excludes halogenated alkanes) is 33. The van der Waals surface area contributed by atoms with Gasteiger partial charge >= 0.3 is 11.9 Å². The van der Waals surface area contributed by atoms with Crippen molar-refractivity contribution in [2.45, 2.75) is 319 Å². The van der Waals surface area contributed by atoms with Crippen LogP contribution in [0, 0.1) is 0 Å². The molecule has 2 heterocycles. The largest absolute Gasteiger partial charge is 0.462 e.